The van der Waals surface area contributed by atoms with E-state index in [4.69, 9.17) is 15.2 Å². The molecule has 7 nitrogen and oxygen atoms in total. The summed E-state index contributed by atoms with van der Waals surface area (Å²) in [7, 11) is 1.87. The number of likely N-dealkylation sites (N-methyl/N-ethyl adjacent to an activating group) is 1. The Morgan fingerprint density at radius 1 is 1.15 bits per heavy atom. The van der Waals surface area contributed by atoms with Crippen LogP contribution in [0.15, 0.2) is 30.3 Å². The number of carbonyl (C=O) groups excluding carboxylic acids is 1. The number of piperidine rings is 1. The van der Waals surface area contributed by atoms with Crippen LogP contribution in [-0.2, 0) is 4.79 Å². The molecule has 34 heavy (non-hydrogen) atoms. The van der Waals surface area contributed by atoms with Crippen molar-refractivity contribution in [2.24, 2.45) is 0 Å². The maximum absolute atomic E-state index is 13.2. The number of aromatic hydroxyl groups is 1. The number of nitrogens with zero attached hydrogens (tertiary/aromatic N) is 2. The number of benzene rings is 2. The molecule has 0 aliphatic carbocycles. The van der Waals surface area contributed by atoms with E-state index in [0.29, 0.717) is 11.5 Å². The van der Waals surface area contributed by atoms with Crippen molar-refractivity contribution in [1.29, 1.82) is 0 Å². The Labute approximate surface area is 203 Å². The molecule has 2 atom stereocenters. The molecule has 2 aromatic rings. The van der Waals surface area contributed by atoms with Crippen molar-refractivity contribution in [2.75, 3.05) is 25.9 Å². The molecule has 0 radical (unpaired) electrons. The van der Waals surface area contributed by atoms with E-state index < -0.39 is 6.10 Å². The van der Waals surface area contributed by atoms with E-state index in [1.807, 2.05) is 51.8 Å². The Morgan fingerprint density at radius 3 is 2.41 bits per heavy atom. The number of anilines is 1. The van der Waals surface area contributed by atoms with E-state index >= 15 is 0 Å². The second kappa shape index (κ2) is 11.0. The smallest absolute Gasteiger partial charge is 0.263 e. The third-order valence-electron chi connectivity index (χ3n) is 7.04. The number of aryl methyl sites for hydroxylation is 1. The molecule has 1 amide bonds. The zero-order valence-electron chi connectivity index (χ0n) is 21.3. The van der Waals surface area contributed by atoms with Gasteiger partial charge in [-0.1, -0.05) is 19.1 Å². The number of carbonyl (C=O) groups is 1. The van der Waals surface area contributed by atoms with E-state index in [0.717, 1.165) is 54.7 Å². The van der Waals surface area contributed by atoms with E-state index in [1.54, 1.807) is 18.2 Å². The summed E-state index contributed by atoms with van der Waals surface area (Å²) < 4.78 is 12.2. The van der Waals surface area contributed by atoms with Crippen molar-refractivity contribution in [3.05, 3.63) is 47.0 Å². The molecule has 1 aliphatic rings. The molecule has 1 aliphatic heterocycles. The van der Waals surface area contributed by atoms with Gasteiger partial charge >= 0.3 is 0 Å². The van der Waals surface area contributed by atoms with Crippen molar-refractivity contribution in [1.82, 2.24) is 9.80 Å². The Morgan fingerprint density at radius 2 is 1.79 bits per heavy atom. The maximum Gasteiger partial charge on any atom is 0.263 e. The van der Waals surface area contributed by atoms with Crippen molar-refractivity contribution >= 4 is 11.6 Å². The minimum atomic E-state index is -0.586. The molecule has 2 aromatic carbocycles. The predicted molar refractivity (Wildman–Crippen MR) is 135 cm³/mol. The molecule has 3 rings (SSSR count). The van der Waals surface area contributed by atoms with Gasteiger partial charge in [0.1, 0.15) is 5.75 Å². The van der Waals surface area contributed by atoms with Gasteiger partial charge in [-0.25, -0.2) is 0 Å². The quantitative estimate of drug-likeness (QED) is 0.557. The van der Waals surface area contributed by atoms with Crippen LogP contribution in [0.1, 0.15) is 49.8 Å². The first-order valence-corrected chi connectivity index (χ1v) is 12.1. The van der Waals surface area contributed by atoms with Gasteiger partial charge in [-0.15, -0.1) is 0 Å². The highest BCUT2D eigenvalue weighted by molar-refractivity contribution is 5.81. The first-order chi connectivity index (χ1) is 16.1. The Kier molecular flexibility index (Phi) is 8.31. The van der Waals surface area contributed by atoms with Gasteiger partial charge < -0.3 is 25.2 Å². The molecule has 2 unspecified atom stereocenters. The van der Waals surface area contributed by atoms with Gasteiger partial charge in [0, 0.05) is 31.9 Å². The second-order valence-corrected chi connectivity index (χ2v) is 9.28. The normalized spacial score (nSPS) is 16.6. The third kappa shape index (κ3) is 5.58. The van der Waals surface area contributed by atoms with Gasteiger partial charge in [-0.2, -0.15) is 0 Å². The lowest BCUT2D eigenvalue weighted by molar-refractivity contribution is -0.140. The lowest BCUT2D eigenvalue weighted by Crippen LogP contribution is -2.51. The maximum atomic E-state index is 13.2. The number of nitrogen functional groups attached to an aromatic ring is 1. The van der Waals surface area contributed by atoms with E-state index in [-0.39, 0.29) is 23.9 Å². The van der Waals surface area contributed by atoms with Gasteiger partial charge in [0.05, 0.1) is 0 Å². The van der Waals surface area contributed by atoms with Gasteiger partial charge in [0.2, 0.25) is 0 Å². The van der Waals surface area contributed by atoms with Crippen LogP contribution >= 0.6 is 0 Å². The minimum absolute atomic E-state index is 0.0255. The number of likely N-dealkylation sites (tertiary alicyclic amines) is 1. The molecule has 0 spiro atoms. The highest BCUT2D eigenvalue weighted by Crippen LogP contribution is 2.31. The Balaban J connectivity index is 1.57. The van der Waals surface area contributed by atoms with Crippen molar-refractivity contribution in [2.45, 2.75) is 72.3 Å². The van der Waals surface area contributed by atoms with Crippen LogP contribution in [0.2, 0.25) is 0 Å². The number of para-hydroxylation sites is 2. The summed E-state index contributed by atoms with van der Waals surface area (Å²) in [6, 6.07) is 9.11. The minimum Gasteiger partial charge on any atom is -0.504 e. The number of nitrogens with two attached hydrogens (primary N) is 1. The molecule has 0 saturated carbocycles. The highest BCUT2D eigenvalue weighted by atomic mass is 16.5. The van der Waals surface area contributed by atoms with E-state index in [2.05, 4.69) is 11.8 Å². The highest BCUT2D eigenvalue weighted by Gasteiger charge is 2.31. The average molecular weight is 470 g/mol. The lowest BCUT2D eigenvalue weighted by atomic mass is 10.0. The van der Waals surface area contributed by atoms with Crippen LogP contribution in [0.4, 0.5) is 5.69 Å². The summed E-state index contributed by atoms with van der Waals surface area (Å²) >= 11 is 0. The Hall–Kier alpha value is -2.93. The molecule has 1 saturated heterocycles. The van der Waals surface area contributed by atoms with Crippen LogP contribution < -0.4 is 15.2 Å². The molecule has 1 heterocycles. The number of hydrogen-bond acceptors (Lipinski definition) is 6. The van der Waals surface area contributed by atoms with Gasteiger partial charge in [-0.3, -0.25) is 9.69 Å². The van der Waals surface area contributed by atoms with E-state index in [1.165, 1.54) is 0 Å². The summed E-state index contributed by atoms with van der Waals surface area (Å²) in [6.45, 7) is 11.4. The van der Waals surface area contributed by atoms with Crippen LogP contribution in [0.25, 0.3) is 0 Å². The van der Waals surface area contributed by atoms with Crippen LogP contribution in [0.5, 0.6) is 17.2 Å². The van der Waals surface area contributed by atoms with Crippen LogP contribution in [0, 0.1) is 20.8 Å². The summed E-state index contributed by atoms with van der Waals surface area (Å²) in [6.07, 6.45) is 1.82. The zero-order chi connectivity index (χ0) is 25.0. The number of hydrogen-bond donors (Lipinski definition) is 2. The molecular weight excluding hydrogens is 430 g/mol. The molecule has 7 heteroatoms. The van der Waals surface area contributed by atoms with Crippen molar-refractivity contribution < 1.29 is 19.4 Å². The molecule has 3 N–H and O–H groups in total. The molecule has 0 aromatic heterocycles. The van der Waals surface area contributed by atoms with Gasteiger partial charge in [0.25, 0.3) is 5.91 Å². The Bertz CT molecular complexity index is 1000. The number of amides is 1. The van der Waals surface area contributed by atoms with Crippen molar-refractivity contribution in [3.63, 3.8) is 0 Å². The zero-order valence-corrected chi connectivity index (χ0v) is 21.3. The molecular formula is C27H39N3O4. The monoisotopic (exact) mass is 469 g/mol. The number of ether oxygens (including phenoxy) is 2. The number of phenols is 1. The molecule has 186 valence electrons. The van der Waals surface area contributed by atoms with Gasteiger partial charge in [0.15, 0.2) is 23.8 Å². The largest absolute Gasteiger partial charge is 0.504 e. The fraction of sp³-hybridized carbons (Fsp3) is 0.519. The fourth-order valence-electron chi connectivity index (χ4n) is 4.58. The standard InChI is InChI=1S/C27H39N3O4/c1-7-25(34-23-11-9-8-10-22(23)31)30-14-12-21(13-15-30)29(6)27(32)20(5)33-24-16-17(2)26(28)19(4)18(24)3/h8-11,16,20-21,25,31H,7,12-15,28H2,1-6H3. The van der Waals surface area contributed by atoms with Crippen molar-refractivity contribution in [3.8, 4) is 17.2 Å². The summed E-state index contributed by atoms with van der Waals surface area (Å²) in [5, 5.41) is 10.0. The molecule has 0 bridgehead atoms. The predicted octanol–water partition coefficient (Wildman–Crippen LogP) is 4.40. The average Bonchev–Trinajstić information content (AvgIpc) is 2.84. The van der Waals surface area contributed by atoms with E-state index in [9.17, 15) is 9.90 Å². The first kappa shape index (κ1) is 25.7. The first-order valence-electron chi connectivity index (χ1n) is 12.1. The number of rotatable bonds is 8. The topological polar surface area (TPSA) is 88.3 Å². The van der Waals surface area contributed by atoms with Gasteiger partial charge in [-0.05, 0) is 81.8 Å². The summed E-state index contributed by atoms with van der Waals surface area (Å²) in [5.41, 5.74) is 9.81. The third-order valence-corrected chi connectivity index (χ3v) is 7.04. The fourth-order valence-corrected chi connectivity index (χ4v) is 4.58. The summed E-state index contributed by atoms with van der Waals surface area (Å²) in [5.74, 6) is 1.33. The molecule has 1 fully saturated rings. The number of phenolic OH excluding ortho intramolecular Hbond substituents is 1. The second-order valence-electron chi connectivity index (χ2n) is 9.28. The van der Waals surface area contributed by atoms with Crippen LogP contribution in [0.3, 0.4) is 0 Å². The SMILES string of the molecule is CCC(Oc1ccccc1O)N1CCC(N(C)C(=O)C(C)Oc2cc(C)c(N)c(C)c2C)CC1. The lowest BCUT2D eigenvalue weighted by Gasteiger charge is -2.40. The van der Waals surface area contributed by atoms with Crippen LogP contribution in [-0.4, -0.2) is 59.3 Å². The summed E-state index contributed by atoms with van der Waals surface area (Å²) in [4.78, 5) is 17.3.